The zero-order valence-electron chi connectivity index (χ0n) is 16.3. The number of nitrogens with one attached hydrogen (secondary N) is 1. The molecule has 148 valence electrons. The minimum Gasteiger partial charge on any atom is -0.497 e. The van der Waals surface area contributed by atoms with Crippen molar-refractivity contribution in [3.8, 4) is 11.4 Å². The summed E-state index contributed by atoms with van der Waals surface area (Å²) in [7, 11) is 1.62. The maximum Gasteiger partial charge on any atom is 0.257 e. The van der Waals surface area contributed by atoms with Crippen molar-refractivity contribution >= 4 is 23.2 Å². The number of benzene rings is 3. The highest BCUT2D eigenvalue weighted by molar-refractivity contribution is 6.03. The normalized spacial score (nSPS) is 10.8. The summed E-state index contributed by atoms with van der Waals surface area (Å²) in [6, 6.07) is 23.8. The standard InChI is InChI=1S/C23H19N5O2/c1-30-21-13-9-19(10-14-21)27-26-18-7-11-20(12-8-18)28-16-15-24-23(28)25-22(29)17-5-3-2-4-6-17/h2-16H,1H3,(H,24,25,29). The van der Waals surface area contributed by atoms with Gasteiger partial charge in [-0.15, -0.1) is 0 Å². The van der Waals surface area contributed by atoms with E-state index in [0.29, 0.717) is 17.2 Å². The fraction of sp³-hybridized carbons (Fsp3) is 0.0435. The van der Waals surface area contributed by atoms with E-state index in [1.165, 1.54) is 0 Å². The number of carbonyl (C=O) groups is 1. The molecule has 0 aliphatic heterocycles. The van der Waals surface area contributed by atoms with Crippen LogP contribution in [0.15, 0.2) is 101 Å². The van der Waals surface area contributed by atoms with E-state index in [-0.39, 0.29) is 5.91 Å². The Kier molecular flexibility index (Phi) is 5.61. The summed E-state index contributed by atoms with van der Waals surface area (Å²) >= 11 is 0. The van der Waals surface area contributed by atoms with Gasteiger partial charge in [0.05, 0.1) is 18.5 Å². The third-order valence-electron chi connectivity index (χ3n) is 4.38. The molecule has 4 rings (SSSR count). The number of rotatable bonds is 6. The average molecular weight is 397 g/mol. The summed E-state index contributed by atoms with van der Waals surface area (Å²) in [6.07, 6.45) is 3.42. The van der Waals surface area contributed by atoms with Crippen LogP contribution in [0.4, 0.5) is 17.3 Å². The van der Waals surface area contributed by atoms with E-state index in [4.69, 9.17) is 4.74 Å². The van der Waals surface area contributed by atoms with Crippen molar-refractivity contribution in [1.82, 2.24) is 9.55 Å². The molecular weight excluding hydrogens is 378 g/mol. The Morgan fingerprint density at radius 3 is 2.17 bits per heavy atom. The smallest absolute Gasteiger partial charge is 0.257 e. The number of imidazole rings is 1. The van der Waals surface area contributed by atoms with Gasteiger partial charge in [0.1, 0.15) is 5.75 Å². The highest BCUT2D eigenvalue weighted by Crippen LogP contribution is 2.23. The molecule has 3 aromatic carbocycles. The molecule has 1 aromatic heterocycles. The Labute approximate surface area is 173 Å². The predicted molar refractivity (Wildman–Crippen MR) is 115 cm³/mol. The van der Waals surface area contributed by atoms with Gasteiger partial charge < -0.3 is 4.74 Å². The second-order valence-electron chi connectivity index (χ2n) is 6.36. The van der Waals surface area contributed by atoms with Crippen LogP contribution in [0.2, 0.25) is 0 Å². The van der Waals surface area contributed by atoms with Crippen molar-refractivity contribution in [3.05, 3.63) is 96.8 Å². The molecule has 7 nitrogen and oxygen atoms in total. The molecule has 4 aromatic rings. The van der Waals surface area contributed by atoms with Crippen LogP contribution >= 0.6 is 0 Å². The molecule has 30 heavy (non-hydrogen) atoms. The molecule has 0 aliphatic carbocycles. The van der Waals surface area contributed by atoms with E-state index in [9.17, 15) is 4.79 Å². The summed E-state index contributed by atoms with van der Waals surface area (Å²) in [4.78, 5) is 16.7. The van der Waals surface area contributed by atoms with Crippen molar-refractivity contribution in [2.45, 2.75) is 0 Å². The number of hydrogen-bond donors (Lipinski definition) is 1. The van der Waals surface area contributed by atoms with E-state index in [2.05, 4.69) is 20.5 Å². The lowest BCUT2D eigenvalue weighted by Gasteiger charge is -2.09. The molecule has 0 aliphatic rings. The van der Waals surface area contributed by atoms with E-state index in [1.807, 2.05) is 66.7 Å². The number of azo groups is 1. The first-order valence-corrected chi connectivity index (χ1v) is 9.29. The third-order valence-corrected chi connectivity index (χ3v) is 4.38. The van der Waals surface area contributed by atoms with Gasteiger partial charge in [0.15, 0.2) is 0 Å². The van der Waals surface area contributed by atoms with Gasteiger partial charge in [-0.25, -0.2) is 4.98 Å². The summed E-state index contributed by atoms with van der Waals surface area (Å²) < 4.78 is 6.93. The number of nitrogens with zero attached hydrogens (tertiary/aromatic N) is 4. The summed E-state index contributed by atoms with van der Waals surface area (Å²) in [5.41, 5.74) is 2.87. The van der Waals surface area contributed by atoms with Crippen LogP contribution in [0.5, 0.6) is 5.75 Å². The minimum absolute atomic E-state index is 0.215. The van der Waals surface area contributed by atoms with Crippen molar-refractivity contribution in [2.75, 3.05) is 12.4 Å². The lowest BCUT2D eigenvalue weighted by Crippen LogP contribution is -2.15. The molecule has 0 fully saturated rings. The second-order valence-corrected chi connectivity index (χ2v) is 6.36. The quantitative estimate of drug-likeness (QED) is 0.433. The molecular formula is C23H19N5O2. The van der Waals surface area contributed by atoms with E-state index < -0.39 is 0 Å². The van der Waals surface area contributed by atoms with Gasteiger partial charge in [-0.05, 0) is 60.7 Å². The molecule has 0 bridgehead atoms. The number of ether oxygens (including phenoxy) is 1. The van der Waals surface area contributed by atoms with Crippen molar-refractivity contribution in [1.29, 1.82) is 0 Å². The SMILES string of the molecule is COc1ccc(N=Nc2ccc(-n3ccnc3NC(=O)c3ccccc3)cc2)cc1. The highest BCUT2D eigenvalue weighted by atomic mass is 16.5. The monoisotopic (exact) mass is 397 g/mol. The Morgan fingerprint density at radius 1 is 0.900 bits per heavy atom. The zero-order chi connectivity index (χ0) is 20.8. The number of aromatic nitrogens is 2. The maximum absolute atomic E-state index is 12.4. The third kappa shape index (κ3) is 4.41. The van der Waals surface area contributed by atoms with Crippen molar-refractivity contribution < 1.29 is 9.53 Å². The van der Waals surface area contributed by atoms with Gasteiger partial charge in [0.25, 0.3) is 5.91 Å². The number of amides is 1. The lowest BCUT2D eigenvalue weighted by atomic mass is 10.2. The topological polar surface area (TPSA) is 80.9 Å². The minimum atomic E-state index is -0.215. The molecule has 0 unspecified atom stereocenters. The Balaban J connectivity index is 1.47. The van der Waals surface area contributed by atoms with Gasteiger partial charge >= 0.3 is 0 Å². The average Bonchev–Trinajstić information content (AvgIpc) is 3.27. The van der Waals surface area contributed by atoms with Gasteiger partial charge in [-0.2, -0.15) is 10.2 Å². The fourth-order valence-electron chi connectivity index (χ4n) is 2.81. The van der Waals surface area contributed by atoms with E-state index >= 15 is 0 Å². The first-order valence-electron chi connectivity index (χ1n) is 9.29. The summed E-state index contributed by atoms with van der Waals surface area (Å²) in [5.74, 6) is 0.998. The van der Waals surface area contributed by atoms with Crippen LogP contribution in [0.1, 0.15) is 10.4 Å². The van der Waals surface area contributed by atoms with Gasteiger partial charge in [0, 0.05) is 23.6 Å². The molecule has 0 spiro atoms. The zero-order valence-corrected chi connectivity index (χ0v) is 16.3. The second kappa shape index (κ2) is 8.83. The van der Waals surface area contributed by atoms with Crippen LogP contribution in [0.25, 0.3) is 5.69 Å². The van der Waals surface area contributed by atoms with Crippen LogP contribution < -0.4 is 10.1 Å². The largest absolute Gasteiger partial charge is 0.497 e. The molecule has 0 saturated heterocycles. The first-order chi connectivity index (χ1) is 14.7. The van der Waals surface area contributed by atoms with Crippen molar-refractivity contribution in [2.24, 2.45) is 10.2 Å². The summed E-state index contributed by atoms with van der Waals surface area (Å²) in [5, 5.41) is 11.3. The van der Waals surface area contributed by atoms with Crippen LogP contribution in [-0.4, -0.2) is 22.6 Å². The van der Waals surface area contributed by atoms with Crippen LogP contribution in [-0.2, 0) is 0 Å². The van der Waals surface area contributed by atoms with E-state index in [0.717, 1.165) is 17.1 Å². The molecule has 7 heteroatoms. The van der Waals surface area contributed by atoms with Crippen LogP contribution in [0, 0.1) is 0 Å². The van der Waals surface area contributed by atoms with Gasteiger partial charge in [-0.3, -0.25) is 14.7 Å². The number of carbonyl (C=O) groups excluding carboxylic acids is 1. The van der Waals surface area contributed by atoms with Crippen LogP contribution in [0.3, 0.4) is 0 Å². The van der Waals surface area contributed by atoms with Gasteiger partial charge in [0.2, 0.25) is 5.95 Å². The Hall–Kier alpha value is -4.26. The highest BCUT2D eigenvalue weighted by Gasteiger charge is 2.10. The molecule has 1 N–H and O–H groups in total. The molecule has 1 heterocycles. The number of hydrogen-bond acceptors (Lipinski definition) is 5. The molecule has 1 amide bonds. The number of anilines is 1. The predicted octanol–water partition coefficient (Wildman–Crippen LogP) is 5.55. The first kappa shape index (κ1) is 19.1. The fourth-order valence-corrected chi connectivity index (χ4v) is 2.81. The summed E-state index contributed by atoms with van der Waals surface area (Å²) in [6.45, 7) is 0. The number of methoxy groups -OCH3 is 1. The van der Waals surface area contributed by atoms with E-state index in [1.54, 1.807) is 36.2 Å². The molecule has 0 radical (unpaired) electrons. The lowest BCUT2D eigenvalue weighted by molar-refractivity contribution is 0.102. The Morgan fingerprint density at radius 2 is 1.53 bits per heavy atom. The molecule has 0 saturated carbocycles. The Bertz CT molecular complexity index is 1150. The molecule has 0 atom stereocenters. The van der Waals surface area contributed by atoms with Crippen molar-refractivity contribution in [3.63, 3.8) is 0 Å². The van der Waals surface area contributed by atoms with Gasteiger partial charge in [-0.1, -0.05) is 18.2 Å². The maximum atomic E-state index is 12.4.